The number of benzene rings is 8. The summed E-state index contributed by atoms with van der Waals surface area (Å²) in [6.07, 6.45) is 2.08. The Bertz CT molecular complexity index is 3400. The van der Waals surface area contributed by atoms with Gasteiger partial charge in [-0.3, -0.25) is 0 Å². The molecule has 4 nitrogen and oxygen atoms in total. The van der Waals surface area contributed by atoms with Gasteiger partial charge in [-0.15, -0.1) is 0 Å². The molecule has 0 aliphatic rings. The molecule has 11 aromatic rings. The molecule has 3 heterocycles. The Balaban J connectivity index is 1.03. The lowest BCUT2D eigenvalue weighted by atomic mass is 9.85. The van der Waals surface area contributed by atoms with E-state index >= 15 is 0 Å². The molecule has 8 aromatic carbocycles. The van der Waals surface area contributed by atoms with Crippen molar-refractivity contribution >= 4 is 43.7 Å². The van der Waals surface area contributed by atoms with Crippen LogP contribution in [0.25, 0.3) is 94.5 Å². The van der Waals surface area contributed by atoms with Crippen LogP contribution in [0.15, 0.2) is 199 Å². The second-order valence-corrected chi connectivity index (χ2v) is 16.0. The minimum absolute atomic E-state index is 0.453. The molecule has 0 saturated heterocycles. The third-order valence-electron chi connectivity index (χ3n) is 12.5. The number of hydrogen-bond donors (Lipinski definition) is 0. The minimum atomic E-state index is 0.453. The largest absolute Gasteiger partial charge is 0.456 e. The molecule has 0 spiro atoms. The number of rotatable bonds is 9. The molecule has 0 aliphatic heterocycles. The van der Waals surface area contributed by atoms with Crippen molar-refractivity contribution in [2.45, 2.75) is 32.6 Å². The highest BCUT2D eigenvalue weighted by molar-refractivity contribution is 6.12. The van der Waals surface area contributed by atoms with E-state index in [0.717, 1.165) is 74.1 Å². The molecule has 0 N–H and O–H groups in total. The molecule has 11 rings (SSSR count). The van der Waals surface area contributed by atoms with Gasteiger partial charge in [0.25, 0.3) is 0 Å². The van der Waals surface area contributed by atoms with E-state index in [1.165, 1.54) is 44.1 Å². The highest BCUT2D eigenvalue weighted by atomic mass is 16.3. The van der Waals surface area contributed by atoms with Gasteiger partial charge < -0.3 is 8.98 Å². The molecule has 3 aromatic heterocycles. The first kappa shape index (κ1) is 36.5. The van der Waals surface area contributed by atoms with E-state index in [1.807, 2.05) is 18.2 Å². The predicted molar refractivity (Wildman–Crippen MR) is 253 cm³/mol. The number of fused-ring (bicyclic) bond motifs is 6. The Hall–Kier alpha value is -7.56. The summed E-state index contributed by atoms with van der Waals surface area (Å²) < 4.78 is 8.71. The van der Waals surface area contributed by atoms with Crippen LogP contribution in [0.2, 0.25) is 0 Å². The number of aromatic nitrogens is 3. The van der Waals surface area contributed by atoms with Crippen molar-refractivity contribution in [3.8, 4) is 50.7 Å². The average molecular weight is 786 g/mol. The predicted octanol–water partition coefficient (Wildman–Crippen LogP) is 15.2. The van der Waals surface area contributed by atoms with Crippen molar-refractivity contribution < 1.29 is 4.42 Å². The minimum Gasteiger partial charge on any atom is -0.456 e. The zero-order chi connectivity index (χ0) is 40.9. The lowest BCUT2D eigenvalue weighted by Crippen LogP contribution is -2.03. The van der Waals surface area contributed by atoms with E-state index < -0.39 is 0 Å². The molecule has 0 amide bonds. The Labute approximate surface area is 355 Å². The zero-order valence-corrected chi connectivity index (χ0v) is 34.2. The van der Waals surface area contributed by atoms with E-state index in [0.29, 0.717) is 11.7 Å². The molecule has 0 saturated carbocycles. The fourth-order valence-corrected chi connectivity index (χ4v) is 9.40. The van der Waals surface area contributed by atoms with Crippen LogP contribution in [0.1, 0.15) is 36.0 Å². The van der Waals surface area contributed by atoms with E-state index in [2.05, 4.69) is 194 Å². The van der Waals surface area contributed by atoms with Crippen molar-refractivity contribution in [3.63, 3.8) is 0 Å². The fourth-order valence-electron chi connectivity index (χ4n) is 9.40. The van der Waals surface area contributed by atoms with Crippen molar-refractivity contribution in [2.24, 2.45) is 0 Å². The zero-order valence-electron chi connectivity index (χ0n) is 34.2. The smallest absolute Gasteiger partial charge is 0.160 e. The molecule has 1 atom stereocenters. The Morgan fingerprint density at radius 2 is 1.20 bits per heavy atom. The third kappa shape index (κ3) is 6.48. The highest BCUT2D eigenvalue weighted by Gasteiger charge is 2.20. The van der Waals surface area contributed by atoms with Crippen molar-refractivity contribution in [1.82, 2.24) is 14.5 Å². The number of para-hydroxylation sites is 2. The maximum atomic E-state index is 6.31. The van der Waals surface area contributed by atoms with E-state index in [-0.39, 0.29) is 0 Å². The van der Waals surface area contributed by atoms with Gasteiger partial charge in [-0.25, -0.2) is 9.97 Å². The SMILES string of the molecule is CCC(Cc1ccccc1-c1ccc2c(c1C)c1ccccc1n2-c1cccc(-c2nc(-c3ccccc3)cc(-c3ccc4c(c3)oc3ccccc34)n2)c1)c1ccccc1. The van der Waals surface area contributed by atoms with Crippen LogP contribution in [-0.2, 0) is 6.42 Å². The van der Waals surface area contributed by atoms with Crippen LogP contribution in [0, 0.1) is 6.92 Å². The van der Waals surface area contributed by atoms with Gasteiger partial charge in [0.1, 0.15) is 11.2 Å². The highest BCUT2D eigenvalue weighted by Crippen LogP contribution is 2.41. The molecule has 0 radical (unpaired) electrons. The Morgan fingerprint density at radius 3 is 2.03 bits per heavy atom. The summed E-state index contributed by atoms with van der Waals surface area (Å²) in [5.41, 5.74) is 16.4. The first-order chi connectivity index (χ1) is 30.1. The molecule has 61 heavy (non-hydrogen) atoms. The fraction of sp³-hybridized carbons (Fsp3) is 0.0877. The van der Waals surface area contributed by atoms with Gasteiger partial charge in [0, 0.05) is 43.9 Å². The van der Waals surface area contributed by atoms with Crippen molar-refractivity contribution in [3.05, 3.63) is 211 Å². The van der Waals surface area contributed by atoms with Crippen LogP contribution in [-0.4, -0.2) is 14.5 Å². The lowest BCUT2D eigenvalue weighted by molar-refractivity contribution is 0.661. The number of furan rings is 1. The van der Waals surface area contributed by atoms with Gasteiger partial charge >= 0.3 is 0 Å². The normalized spacial score (nSPS) is 12.2. The number of nitrogens with zero attached hydrogens (tertiary/aromatic N) is 3. The van der Waals surface area contributed by atoms with E-state index in [9.17, 15) is 0 Å². The van der Waals surface area contributed by atoms with Crippen molar-refractivity contribution in [1.29, 1.82) is 0 Å². The molecule has 1 unspecified atom stereocenters. The number of hydrogen-bond acceptors (Lipinski definition) is 3. The summed E-state index contributed by atoms with van der Waals surface area (Å²) in [5.74, 6) is 1.12. The van der Waals surface area contributed by atoms with Crippen LogP contribution in [0.5, 0.6) is 0 Å². The van der Waals surface area contributed by atoms with Crippen LogP contribution in [0.3, 0.4) is 0 Å². The standard InChI is InChI=1S/C57H43N3O/c1-3-38(39-17-6-4-7-18-39)33-41-21-10-11-24-46(41)45-31-32-53-56(37(45)2)49-26-12-14-27-52(49)60(53)44-23-16-22-43(34-44)57-58-50(40-19-8-5-9-20-40)36-51(59-57)42-29-30-48-47-25-13-15-28-54(47)61-55(48)35-42/h4-32,34-36,38H,3,33H2,1-2H3. The average Bonchev–Trinajstić information content (AvgIpc) is 3.87. The maximum absolute atomic E-state index is 6.31. The molecular weight excluding hydrogens is 743 g/mol. The monoisotopic (exact) mass is 785 g/mol. The first-order valence-electron chi connectivity index (χ1n) is 21.2. The van der Waals surface area contributed by atoms with Crippen LogP contribution in [0.4, 0.5) is 0 Å². The van der Waals surface area contributed by atoms with Crippen LogP contribution >= 0.6 is 0 Å². The van der Waals surface area contributed by atoms with Crippen LogP contribution < -0.4 is 0 Å². The summed E-state index contributed by atoms with van der Waals surface area (Å²) in [7, 11) is 0. The molecule has 0 bridgehead atoms. The van der Waals surface area contributed by atoms with Gasteiger partial charge in [-0.1, -0.05) is 153 Å². The second kappa shape index (κ2) is 15.2. The second-order valence-electron chi connectivity index (χ2n) is 16.0. The summed E-state index contributed by atoms with van der Waals surface area (Å²) in [6, 6.07) is 69.1. The van der Waals surface area contributed by atoms with Gasteiger partial charge in [0.2, 0.25) is 0 Å². The van der Waals surface area contributed by atoms with Gasteiger partial charge in [0.05, 0.1) is 22.4 Å². The molecule has 292 valence electrons. The van der Waals surface area contributed by atoms with E-state index in [1.54, 1.807) is 0 Å². The molecular formula is C57H43N3O. The summed E-state index contributed by atoms with van der Waals surface area (Å²) in [5, 5.41) is 4.71. The Kier molecular flexibility index (Phi) is 9.12. The summed E-state index contributed by atoms with van der Waals surface area (Å²) in [4.78, 5) is 10.5. The lowest BCUT2D eigenvalue weighted by Gasteiger charge is -2.19. The Morgan fingerprint density at radius 1 is 0.508 bits per heavy atom. The maximum Gasteiger partial charge on any atom is 0.160 e. The molecule has 4 heteroatoms. The van der Waals surface area contributed by atoms with Gasteiger partial charge in [-0.2, -0.15) is 0 Å². The number of aryl methyl sites for hydroxylation is 1. The summed E-state index contributed by atoms with van der Waals surface area (Å²) in [6.45, 7) is 4.60. The van der Waals surface area contributed by atoms with Crippen molar-refractivity contribution in [2.75, 3.05) is 0 Å². The van der Waals surface area contributed by atoms with Gasteiger partial charge in [0.15, 0.2) is 5.82 Å². The van der Waals surface area contributed by atoms with E-state index in [4.69, 9.17) is 14.4 Å². The first-order valence-corrected chi connectivity index (χ1v) is 21.2. The quantitative estimate of drug-likeness (QED) is 0.146. The molecule has 0 aliphatic carbocycles. The molecule has 0 fully saturated rings. The third-order valence-corrected chi connectivity index (χ3v) is 12.5. The summed E-state index contributed by atoms with van der Waals surface area (Å²) >= 11 is 0. The van der Waals surface area contributed by atoms with Gasteiger partial charge in [-0.05, 0) is 102 Å². The topological polar surface area (TPSA) is 43.9 Å².